The van der Waals surface area contributed by atoms with Crippen molar-refractivity contribution in [3.8, 4) is 0 Å². The van der Waals surface area contributed by atoms with Gasteiger partial charge in [0, 0.05) is 19.0 Å². The lowest BCUT2D eigenvalue weighted by molar-refractivity contribution is -0.0788. The van der Waals surface area contributed by atoms with Crippen LogP contribution in [0.25, 0.3) is 0 Å². The van der Waals surface area contributed by atoms with E-state index in [-0.39, 0.29) is 5.60 Å². The largest absolute Gasteiger partial charge is 0.365 e. The number of hydrogen-bond acceptors (Lipinski definition) is 2. The summed E-state index contributed by atoms with van der Waals surface area (Å²) in [6, 6.07) is 27.1. The first kappa shape index (κ1) is 20.2. The van der Waals surface area contributed by atoms with E-state index in [9.17, 15) is 0 Å². The molecule has 6 rings (SSSR count). The van der Waals surface area contributed by atoms with Gasteiger partial charge in [0.15, 0.2) is 0 Å². The standard InChI is InChI=1S/C30H33NO/c1-4-11-26-23(8-1)15-16-24-9-2-5-12-27(24)28(26)13-7-19-31-20-17-30(18-21-31)29-14-6-3-10-25(29)22-32-30/h1-6,8-12,14,28H,7,13,15-22H2. The van der Waals surface area contributed by atoms with Gasteiger partial charge in [0.25, 0.3) is 0 Å². The van der Waals surface area contributed by atoms with Crippen LogP contribution in [-0.2, 0) is 29.8 Å². The van der Waals surface area contributed by atoms with E-state index >= 15 is 0 Å². The van der Waals surface area contributed by atoms with Crippen LogP contribution < -0.4 is 0 Å². The van der Waals surface area contributed by atoms with Crippen molar-refractivity contribution in [2.24, 2.45) is 0 Å². The summed E-state index contributed by atoms with van der Waals surface area (Å²) in [5.74, 6) is 0.533. The molecule has 2 heterocycles. The van der Waals surface area contributed by atoms with Crippen LogP contribution in [0, 0.1) is 0 Å². The van der Waals surface area contributed by atoms with Gasteiger partial charge < -0.3 is 9.64 Å². The van der Waals surface area contributed by atoms with E-state index in [1.807, 2.05) is 0 Å². The zero-order valence-corrected chi connectivity index (χ0v) is 18.9. The van der Waals surface area contributed by atoms with Crippen molar-refractivity contribution in [1.82, 2.24) is 4.90 Å². The van der Waals surface area contributed by atoms with E-state index in [1.165, 1.54) is 43.4 Å². The first-order valence-electron chi connectivity index (χ1n) is 12.4. The number of hydrogen-bond donors (Lipinski definition) is 0. The van der Waals surface area contributed by atoms with Crippen LogP contribution in [0.3, 0.4) is 0 Å². The van der Waals surface area contributed by atoms with Crippen molar-refractivity contribution in [3.05, 3.63) is 106 Å². The smallest absolute Gasteiger partial charge is 0.0963 e. The molecule has 0 bridgehead atoms. The van der Waals surface area contributed by atoms with Crippen LogP contribution in [0.15, 0.2) is 72.8 Å². The molecule has 164 valence electrons. The van der Waals surface area contributed by atoms with Gasteiger partial charge in [-0.05, 0) is 78.5 Å². The van der Waals surface area contributed by atoms with Crippen molar-refractivity contribution in [2.75, 3.05) is 19.6 Å². The maximum Gasteiger partial charge on any atom is 0.0963 e. The van der Waals surface area contributed by atoms with E-state index in [2.05, 4.69) is 77.7 Å². The Morgan fingerprint density at radius 2 is 1.34 bits per heavy atom. The number of fused-ring (bicyclic) bond motifs is 4. The molecule has 0 saturated carbocycles. The molecule has 0 radical (unpaired) electrons. The Kier molecular flexibility index (Phi) is 5.37. The number of benzene rings is 3. The second-order valence-corrected chi connectivity index (χ2v) is 9.87. The van der Waals surface area contributed by atoms with Crippen molar-refractivity contribution in [1.29, 1.82) is 0 Å². The van der Waals surface area contributed by atoms with E-state index in [1.54, 1.807) is 22.3 Å². The predicted octanol–water partition coefficient (Wildman–Crippen LogP) is 6.22. The van der Waals surface area contributed by atoms with Gasteiger partial charge in [-0.3, -0.25) is 0 Å². The molecule has 2 heteroatoms. The third kappa shape index (κ3) is 3.60. The Labute approximate surface area is 192 Å². The van der Waals surface area contributed by atoms with Gasteiger partial charge in [0.1, 0.15) is 0 Å². The molecule has 32 heavy (non-hydrogen) atoms. The molecule has 2 nitrogen and oxygen atoms in total. The fourth-order valence-electron chi connectivity index (χ4n) is 6.41. The van der Waals surface area contributed by atoms with Gasteiger partial charge in [-0.25, -0.2) is 0 Å². The maximum atomic E-state index is 6.37. The number of ether oxygens (including phenoxy) is 1. The predicted molar refractivity (Wildman–Crippen MR) is 130 cm³/mol. The third-order valence-electron chi connectivity index (χ3n) is 8.17. The molecule has 3 aromatic carbocycles. The van der Waals surface area contributed by atoms with Crippen molar-refractivity contribution >= 4 is 0 Å². The molecule has 1 aliphatic carbocycles. The highest BCUT2D eigenvalue weighted by Crippen LogP contribution is 2.44. The highest BCUT2D eigenvalue weighted by Gasteiger charge is 2.42. The monoisotopic (exact) mass is 423 g/mol. The molecule has 1 fully saturated rings. The zero-order chi connectivity index (χ0) is 21.4. The number of rotatable bonds is 4. The summed E-state index contributed by atoms with van der Waals surface area (Å²) in [5, 5.41) is 0. The normalized spacial score (nSPS) is 19.9. The maximum absolute atomic E-state index is 6.37. The lowest BCUT2D eigenvalue weighted by Gasteiger charge is -2.39. The molecule has 1 saturated heterocycles. The second kappa shape index (κ2) is 8.50. The van der Waals surface area contributed by atoms with E-state index in [0.29, 0.717) is 5.92 Å². The van der Waals surface area contributed by atoms with Crippen molar-refractivity contribution in [3.63, 3.8) is 0 Å². The van der Waals surface area contributed by atoms with Gasteiger partial charge >= 0.3 is 0 Å². The second-order valence-electron chi connectivity index (χ2n) is 9.87. The number of nitrogens with zero attached hydrogens (tertiary/aromatic N) is 1. The lowest BCUT2D eigenvalue weighted by Crippen LogP contribution is -2.42. The highest BCUT2D eigenvalue weighted by atomic mass is 16.5. The fourth-order valence-corrected chi connectivity index (χ4v) is 6.41. The average molecular weight is 424 g/mol. The van der Waals surface area contributed by atoms with Crippen LogP contribution in [0.5, 0.6) is 0 Å². The minimum atomic E-state index is -0.0216. The summed E-state index contributed by atoms with van der Waals surface area (Å²) in [4.78, 5) is 2.67. The van der Waals surface area contributed by atoms with Gasteiger partial charge in [0.2, 0.25) is 0 Å². The molecule has 3 aromatic rings. The van der Waals surface area contributed by atoms with Crippen LogP contribution in [-0.4, -0.2) is 24.5 Å². The van der Waals surface area contributed by atoms with Gasteiger partial charge in [-0.2, -0.15) is 0 Å². The number of piperidine rings is 1. The van der Waals surface area contributed by atoms with E-state index in [4.69, 9.17) is 4.74 Å². The highest BCUT2D eigenvalue weighted by molar-refractivity contribution is 5.44. The lowest BCUT2D eigenvalue weighted by atomic mass is 9.83. The quantitative estimate of drug-likeness (QED) is 0.494. The number of aryl methyl sites for hydroxylation is 2. The summed E-state index contributed by atoms with van der Waals surface area (Å²) in [7, 11) is 0. The zero-order valence-electron chi connectivity index (χ0n) is 18.9. The first-order chi connectivity index (χ1) is 15.8. The minimum absolute atomic E-state index is 0.0216. The SMILES string of the molecule is c1ccc2c(c1)CCc1ccccc1C2CCCN1CCC2(CC1)OCc1ccccc12. The molecule has 0 N–H and O–H groups in total. The summed E-state index contributed by atoms with van der Waals surface area (Å²) < 4.78 is 6.37. The molecular weight excluding hydrogens is 390 g/mol. The van der Waals surface area contributed by atoms with Gasteiger partial charge in [-0.15, -0.1) is 0 Å². The molecule has 1 spiro atoms. The summed E-state index contributed by atoms with van der Waals surface area (Å²) in [6.45, 7) is 4.27. The molecule has 3 aliphatic rings. The van der Waals surface area contributed by atoms with Crippen LogP contribution in [0.2, 0.25) is 0 Å². The Balaban J connectivity index is 1.12. The number of likely N-dealkylation sites (tertiary alicyclic amines) is 1. The Bertz CT molecular complexity index is 1050. The minimum Gasteiger partial charge on any atom is -0.365 e. The van der Waals surface area contributed by atoms with Crippen molar-refractivity contribution in [2.45, 2.75) is 56.7 Å². The van der Waals surface area contributed by atoms with Gasteiger partial charge in [-0.1, -0.05) is 72.8 Å². The average Bonchev–Trinajstić information content (AvgIpc) is 3.12. The molecule has 0 unspecified atom stereocenters. The molecule has 0 atom stereocenters. The third-order valence-corrected chi connectivity index (χ3v) is 8.17. The summed E-state index contributed by atoms with van der Waals surface area (Å²) >= 11 is 0. The van der Waals surface area contributed by atoms with Crippen LogP contribution in [0.1, 0.15) is 65.0 Å². The Morgan fingerprint density at radius 3 is 2.03 bits per heavy atom. The molecule has 0 aromatic heterocycles. The summed E-state index contributed by atoms with van der Waals surface area (Å²) in [5.41, 5.74) is 9.04. The van der Waals surface area contributed by atoms with Crippen LogP contribution in [0.4, 0.5) is 0 Å². The Hall–Kier alpha value is -2.42. The van der Waals surface area contributed by atoms with Gasteiger partial charge in [0.05, 0.1) is 12.2 Å². The molecule has 0 amide bonds. The first-order valence-corrected chi connectivity index (χ1v) is 12.4. The summed E-state index contributed by atoms with van der Waals surface area (Å²) in [6.07, 6.45) is 7.06. The molecular formula is C30H33NO. The van der Waals surface area contributed by atoms with E-state index in [0.717, 1.165) is 32.5 Å². The van der Waals surface area contributed by atoms with Crippen molar-refractivity contribution < 1.29 is 4.74 Å². The Morgan fingerprint density at radius 1 is 0.750 bits per heavy atom. The van der Waals surface area contributed by atoms with E-state index < -0.39 is 0 Å². The fraction of sp³-hybridized carbons (Fsp3) is 0.400. The topological polar surface area (TPSA) is 12.5 Å². The molecule has 2 aliphatic heterocycles. The van der Waals surface area contributed by atoms with Crippen LogP contribution >= 0.6 is 0 Å².